The van der Waals surface area contributed by atoms with Gasteiger partial charge in [0.25, 0.3) is 0 Å². The summed E-state index contributed by atoms with van der Waals surface area (Å²) in [4.78, 5) is 5.02. The molecule has 0 aliphatic heterocycles. The fourth-order valence-corrected chi connectivity index (χ4v) is 8.24. The number of rotatable bonds is 3. The summed E-state index contributed by atoms with van der Waals surface area (Å²) in [6, 6.07) is 48.3. The third-order valence-electron chi connectivity index (χ3n) is 8.05. The van der Waals surface area contributed by atoms with E-state index in [0.717, 1.165) is 21.8 Å². The average molecular weight is 559 g/mol. The quantitative estimate of drug-likeness (QED) is 0.211. The number of hydrogen-bond donors (Lipinski definition) is 0. The first kappa shape index (κ1) is 23.0. The molecule has 0 bridgehead atoms. The zero-order valence-corrected chi connectivity index (χ0v) is 23.5. The molecule has 4 heteroatoms. The highest BCUT2D eigenvalue weighted by atomic mass is 32.1. The van der Waals surface area contributed by atoms with Crippen LogP contribution in [0.3, 0.4) is 0 Å². The standard InChI is InChI=1S/C37H22N2S2/c1-5-13-31-25(9-1)28-21-23(24-18-20-35-29(22-24)26-10-3-7-15-34(26)40-35)17-19-33(28)39(31)32-14-6-2-11-27(32)37-38-30-12-4-8-16-36(30)41-37/h1-22H. The van der Waals surface area contributed by atoms with Crippen LogP contribution in [0.5, 0.6) is 0 Å². The summed E-state index contributed by atoms with van der Waals surface area (Å²) in [5, 5.41) is 6.22. The maximum absolute atomic E-state index is 5.02. The zero-order valence-electron chi connectivity index (χ0n) is 21.9. The number of thiazole rings is 1. The maximum atomic E-state index is 5.02. The number of hydrogen-bond acceptors (Lipinski definition) is 3. The van der Waals surface area contributed by atoms with Crippen molar-refractivity contribution in [2.24, 2.45) is 0 Å². The summed E-state index contributed by atoms with van der Waals surface area (Å²) >= 11 is 3.61. The fourth-order valence-electron chi connectivity index (χ4n) is 6.15. The van der Waals surface area contributed by atoms with Gasteiger partial charge in [-0.1, -0.05) is 72.8 Å². The molecule has 0 spiro atoms. The molecule has 0 amide bonds. The van der Waals surface area contributed by atoms with Gasteiger partial charge in [0.2, 0.25) is 0 Å². The number of fused-ring (bicyclic) bond motifs is 7. The molecule has 0 saturated heterocycles. The molecule has 0 unspecified atom stereocenters. The van der Waals surface area contributed by atoms with E-state index in [1.165, 1.54) is 57.8 Å². The summed E-state index contributed by atoms with van der Waals surface area (Å²) in [7, 11) is 0. The fraction of sp³-hybridized carbons (Fsp3) is 0. The molecular formula is C37H22N2S2. The van der Waals surface area contributed by atoms with Crippen molar-refractivity contribution in [2.75, 3.05) is 0 Å². The van der Waals surface area contributed by atoms with E-state index in [-0.39, 0.29) is 0 Å². The Morgan fingerprint density at radius 1 is 0.463 bits per heavy atom. The van der Waals surface area contributed by atoms with Crippen LogP contribution in [0.2, 0.25) is 0 Å². The molecule has 6 aromatic carbocycles. The Hall–Kier alpha value is -4.77. The van der Waals surface area contributed by atoms with Crippen molar-refractivity contribution in [3.8, 4) is 27.4 Å². The second-order valence-corrected chi connectivity index (χ2v) is 12.5. The van der Waals surface area contributed by atoms with Gasteiger partial charge < -0.3 is 4.57 Å². The van der Waals surface area contributed by atoms with Gasteiger partial charge in [0.05, 0.1) is 26.9 Å². The molecule has 9 aromatic rings. The molecular weight excluding hydrogens is 537 g/mol. The van der Waals surface area contributed by atoms with Gasteiger partial charge in [-0.25, -0.2) is 4.98 Å². The molecule has 0 aliphatic carbocycles. The number of benzene rings is 6. The second kappa shape index (κ2) is 8.87. The molecule has 0 radical (unpaired) electrons. The van der Waals surface area contributed by atoms with Gasteiger partial charge in [0.1, 0.15) is 5.01 Å². The lowest BCUT2D eigenvalue weighted by Crippen LogP contribution is -1.96. The highest BCUT2D eigenvalue weighted by molar-refractivity contribution is 7.25. The molecule has 0 atom stereocenters. The van der Waals surface area contributed by atoms with Crippen LogP contribution in [-0.4, -0.2) is 9.55 Å². The van der Waals surface area contributed by atoms with Crippen molar-refractivity contribution < 1.29 is 0 Å². The van der Waals surface area contributed by atoms with E-state index < -0.39 is 0 Å². The Morgan fingerprint density at radius 3 is 2.02 bits per heavy atom. The van der Waals surface area contributed by atoms with Crippen molar-refractivity contribution in [2.45, 2.75) is 0 Å². The largest absolute Gasteiger partial charge is 0.309 e. The lowest BCUT2D eigenvalue weighted by molar-refractivity contribution is 1.18. The minimum absolute atomic E-state index is 1.04. The van der Waals surface area contributed by atoms with Crippen LogP contribution in [0.15, 0.2) is 133 Å². The molecule has 3 heterocycles. The Bertz CT molecular complexity index is 2410. The summed E-state index contributed by atoms with van der Waals surface area (Å²) < 4.78 is 6.29. The van der Waals surface area contributed by atoms with E-state index in [2.05, 4.69) is 138 Å². The van der Waals surface area contributed by atoms with E-state index in [1.54, 1.807) is 11.3 Å². The normalized spacial score (nSPS) is 11.9. The topological polar surface area (TPSA) is 17.8 Å². The highest BCUT2D eigenvalue weighted by Crippen LogP contribution is 2.41. The molecule has 0 aliphatic rings. The summed E-state index contributed by atoms with van der Waals surface area (Å²) in [5.41, 5.74) is 8.22. The molecule has 41 heavy (non-hydrogen) atoms. The third kappa shape index (κ3) is 3.51. The van der Waals surface area contributed by atoms with E-state index in [0.29, 0.717) is 0 Å². The van der Waals surface area contributed by atoms with Gasteiger partial charge in [-0.15, -0.1) is 22.7 Å². The SMILES string of the molecule is c1ccc(-n2c3ccccc3c3cc(-c4ccc5sc6ccccc6c5c4)ccc32)c(-c2nc3ccccc3s2)c1. The maximum Gasteiger partial charge on any atom is 0.126 e. The highest BCUT2D eigenvalue weighted by Gasteiger charge is 2.18. The summed E-state index contributed by atoms with van der Waals surface area (Å²) in [5.74, 6) is 0. The van der Waals surface area contributed by atoms with E-state index >= 15 is 0 Å². The lowest BCUT2D eigenvalue weighted by Gasteiger charge is -2.12. The van der Waals surface area contributed by atoms with Gasteiger partial charge in [0.15, 0.2) is 0 Å². The minimum Gasteiger partial charge on any atom is -0.309 e. The summed E-state index contributed by atoms with van der Waals surface area (Å²) in [6.07, 6.45) is 0. The predicted molar refractivity (Wildman–Crippen MR) is 178 cm³/mol. The van der Waals surface area contributed by atoms with Gasteiger partial charge in [0, 0.05) is 36.5 Å². The Balaban J connectivity index is 1.27. The van der Waals surface area contributed by atoms with E-state index in [9.17, 15) is 0 Å². The van der Waals surface area contributed by atoms with Crippen molar-refractivity contribution in [1.29, 1.82) is 0 Å². The summed E-state index contributed by atoms with van der Waals surface area (Å²) in [6.45, 7) is 0. The van der Waals surface area contributed by atoms with E-state index in [1.807, 2.05) is 11.3 Å². The number of para-hydroxylation sites is 3. The van der Waals surface area contributed by atoms with Gasteiger partial charge in [-0.3, -0.25) is 0 Å². The zero-order chi connectivity index (χ0) is 26.9. The molecule has 192 valence electrons. The molecule has 9 rings (SSSR count). The van der Waals surface area contributed by atoms with Crippen LogP contribution < -0.4 is 0 Å². The molecule has 0 N–H and O–H groups in total. The first-order chi connectivity index (χ1) is 20.3. The van der Waals surface area contributed by atoms with Crippen molar-refractivity contribution in [3.05, 3.63) is 133 Å². The first-order valence-corrected chi connectivity index (χ1v) is 15.4. The lowest BCUT2D eigenvalue weighted by atomic mass is 10.0. The Labute approximate surface area is 244 Å². The predicted octanol–water partition coefficient (Wildman–Crippen LogP) is 11.1. The van der Waals surface area contributed by atoms with Gasteiger partial charge in [-0.2, -0.15) is 0 Å². The monoisotopic (exact) mass is 558 g/mol. The van der Waals surface area contributed by atoms with Crippen LogP contribution in [0.25, 0.3) is 79.6 Å². The van der Waals surface area contributed by atoms with Crippen LogP contribution in [0.4, 0.5) is 0 Å². The molecule has 2 nitrogen and oxygen atoms in total. The number of aromatic nitrogens is 2. The third-order valence-corrected chi connectivity index (χ3v) is 10.3. The number of thiophene rings is 1. The van der Waals surface area contributed by atoms with Crippen LogP contribution in [0, 0.1) is 0 Å². The molecule has 0 saturated carbocycles. The van der Waals surface area contributed by atoms with E-state index in [4.69, 9.17) is 4.98 Å². The van der Waals surface area contributed by atoms with Crippen LogP contribution >= 0.6 is 22.7 Å². The Kier molecular flexibility index (Phi) is 4.97. The Morgan fingerprint density at radius 2 is 1.12 bits per heavy atom. The smallest absolute Gasteiger partial charge is 0.126 e. The number of nitrogens with zero attached hydrogens (tertiary/aromatic N) is 2. The van der Waals surface area contributed by atoms with Gasteiger partial charge >= 0.3 is 0 Å². The first-order valence-electron chi connectivity index (χ1n) is 13.7. The van der Waals surface area contributed by atoms with Crippen LogP contribution in [-0.2, 0) is 0 Å². The average Bonchev–Trinajstić information content (AvgIpc) is 3.72. The minimum atomic E-state index is 1.04. The van der Waals surface area contributed by atoms with Crippen molar-refractivity contribution in [3.63, 3.8) is 0 Å². The molecule has 3 aromatic heterocycles. The van der Waals surface area contributed by atoms with Gasteiger partial charge in [-0.05, 0) is 71.8 Å². The molecule has 0 fully saturated rings. The van der Waals surface area contributed by atoms with Crippen LogP contribution in [0.1, 0.15) is 0 Å². The van der Waals surface area contributed by atoms with Crippen molar-refractivity contribution >= 4 is 74.9 Å². The second-order valence-electron chi connectivity index (χ2n) is 10.4. The van der Waals surface area contributed by atoms with Crippen molar-refractivity contribution in [1.82, 2.24) is 9.55 Å².